The molecule has 4 rings (SSSR count). The third-order valence-corrected chi connectivity index (χ3v) is 5.50. The van der Waals surface area contributed by atoms with Crippen molar-refractivity contribution >= 4 is 0 Å². The smallest absolute Gasteiger partial charge is 0.151 e. The van der Waals surface area contributed by atoms with Crippen molar-refractivity contribution in [1.82, 2.24) is 20.4 Å². The van der Waals surface area contributed by atoms with Gasteiger partial charge in [-0.25, -0.2) is 0 Å². The molecule has 2 saturated heterocycles. The Morgan fingerprint density at radius 3 is 2.96 bits per heavy atom. The van der Waals surface area contributed by atoms with Gasteiger partial charge in [0.05, 0.1) is 17.8 Å². The average Bonchev–Trinajstić information content (AvgIpc) is 3.12. The molecule has 0 aromatic carbocycles. The van der Waals surface area contributed by atoms with Gasteiger partial charge >= 0.3 is 0 Å². The predicted molar refractivity (Wildman–Crippen MR) is 95.0 cm³/mol. The van der Waals surface area contributed by atoms with Gasteiger partial charge in [0.25, 0.3) is 0 Å². The van der Waals surface area contributed by atoms with Crippen LogP contribution < -0.4 is 5.32 Å². The van der Waals surface area contributed by atoms with Gasteiger partial charge in [-0.3, -0.25) is 9.88 Å². The second-order valence-corrected chi connectivity index (χ2v) is 7.24. The van der Waals surface area contributed by atoms with Crippen molar-refractivity contribution in [3.05, 3.63) is 36.2 Å². The summed E-state index contributed by atoms with van der Waals surface area (Å²) in [5, 5.41) is 7.61. The van der Waals surface area contributed by atoms with E-state index >= 15 is 0 Å². The minimum Gasteiger partial charge on any atom is -0.375 e. The molecule has 0 aliphatic carbocycles. The second-order valence-electron chi connectivity index (χ2n) is 7.24. The molecule has 0 bridgehead atoms. The molecule has 1 atom stereocenters. The molecule has 0 saturated carbocycles. The van der Waals surface area contributed by atoms with Gasteiger partial charge in [-0.15, -0.1) is 0 Å². The van der Waals surface area contributed by atoms with Crippen molar-refractivity contribution in [3.8, 4) is 11.4 Å². The molecule has 2 aromatic rings. The van der Waals surface area contributed by atoms with Gasteiger partial charge in [-0.1, -0.05) is 11.2 Å². The van der Waals surface area contributed by atoms with Crippen molar-refractivity contribution < 1.29 is 9.26 Å². The van der Waals surface area contributed by atoms with Gasteiger partial charge in [-0.05, 0) is 58.0 Å². The molecule has 2 aliphatic rings. The van der Waals surface area contributed by atoms with E-state index in [9.17, 15) is 0 Å². The lowest BCUT2D eigenvalue weighted by molar-refractivity contribution is -0.119. The summed E-state index contributed by atoms with van der Waals surface area (Å²) in [5.41, 5.74) is 1.72. The van der Waals surface area contributed by atoms with E-state index in [4.69, 9.17) is 9.26 Å². The molecular weight excluding hydrogens is 316 g/mol. The molecule has 6 heteroatoms. The highest BCUT2D eigenvalue weighted by atomic mass is 16.5. The second kappa shape index (κ2) is 7.23. The largest absolute Gasteiger partial charge is 0.375 e. The van der Waals surface area contributed by atoms with Crippen molar-refractivity contribution in [3.63, 3.8) is 0 Å². The van der Waals surface area contributed by atoms with Crippen LogP contribution in [0.3, 0.4) is 0 Å². The van der Waals surface area contributed by atoms with Gasteiger partial charge in [0.1, 0.15) is 5.69 Å². The molecule has 134 valence electrons. The maximum Gasteiger partial charge on any atom is 0.151 e. The lowest BCUT2D eigenvalue weighted by Gasteiger charge is -2.45. The third-order valence-electron chi connectivity index (χ3n) is 5.50. The first-order valence-corrected chi connectivity index (χ1v) is 9.16. The lowest BCUT2D eigenvalue weighted by atomic mass is 9.82. The maximum atomic E-state index is 6.19. The van der Waals surface area contributed by atoms with Gasteiger partial charge in [0, 0.05) is 24.9 Å². The summed E-state index contributed by atoms with van der Waals surface area (Å²) in [7, 11) is 2.17. The van der Waals surface area contributed by atoms with E-state index in [0.29, 0.717) is 6.04 Å². The van der Waals surface area contributed by atoms with Crippen molar-refractivity contribution in [2.24, 2.45) is 0 Å². The number of aromatic nitrogens is 2. The number of piperidine rings is 1. The first-order valence-electron chi connectivity index (χ1n) is 9.16. The van der Waals surface area contributed by atoms with E-state index in [2.05, 4.69) is 27.4 Å². The number of rotatable bonds is 4. The van der Waals surface area contributed by atoms with Crippen LogP contribution in [0.2, 0.25) is 0 Å². The number of pyridine rings is 1. The van der Waals surface area contributed by atoms with Crippen molar-refractivity contribution in [1.29, 1.82) is 0 Å². The molecule has 4 heterocycles. The standard InChI is InChI=1S/C19H26N4O2/c1-23(15-5-11-24-19(13-15)6-9-20-10-7-19)14-16-12-18(22-25-16)17-4-2-3-8-21-17/h2-4,8,12,15,20H,5-7,9-11,13-14H2,1H3. The van der Waals surface area contributed by atoms with E-state index in [1.165, 1.54) is 0 Å². The molecule has 1 N–H and O–H groups in total. The van der Waals surface area contributed by atoms with Crippen LogP contribution in [-0.2, 0) is 11.3 Å². The van der Waals surface area contributed by atoms with Gasteiger partial charge < -0.3 is 14.6 Å². The van der Waals surface area contributed by atoms with Crippen LogP contribution in [0.1, 0.15) is 31.4 Å². The minimum absolute atomic E-state index is 0.0724. The molecule has 2 fully saturated rings. The summed E-state index contributed by atoms with van der Waals surface area (Å²) in [4.78, 5) is 6.71. The Kier molecular flexibility index (Phi) is 4.83. The van der Waals surface area contributed by atoms with Crippen LogP contribution in [-0.4, -0.2) is 53.4 Å². The molecule has 0 amide bonds. The highest BCUT2D eigenvalue weighted by Gasteiger charge is 2.39. The molecule has 1 spiro atoms. The normalized spacial score (nSPS) is 23.2. The quantitative estimate of drug-likeness (QED) is 0.921. The maximum absolute atomic E-state index is 6.19. The Balaban J connectivity index is 1.40. The van der Waals surface area contributed by atoms with Crippen LogP contribution in [0.25, 0.3) is 11.4 Å². The summed E-state index contributed by atoms with van der Waals surface area (Å²) in [6, 6.07) is 8.34. The number of nitrogens with one attached hydrogen (secondary N) is 1. The zero-order chi connectivity index (χ0) is 17.1. The Hall–Kier alpha value is -1.76. The van der Waals surface area contributed by atoms with Crippen LogP contribution in [0, 0.1) is 0 Å². The SMILES string of the molecule is CN(Cc1cc(-c2ccccn2)no1)C1CCOC2(CCNCC2)C1. The lowest BCUT2D eigenvalue weighted by Crippen LogP contribution is -2.52. The highest BCUT2D eigenvalue weighted by molar-refractivity contribution is 5.52. The average molecular weight is 342 g/mol. The van der Waals surface area contributed by atoms with E-state index in [1.54, 1.807) is 6.20 Å². The monoisotopic (exact) mass is 342 g/mol. The number of hydrogen-bond donors (Lipinski definition) is 1. The third kappa shape index (κ3) is 3.76. The first kappa shape index (κ1) is 16.7. The zero-order valence-electron chi connectivity index (χ0n) is 14.8. The molecule has 2 aliphatic heterocycles. The summed E-state index contributed by atoms with van der Waals surface area (Å²) in [6.45, 7) is 3.74. The van der Waals surface area contributed by atoms with Crippen molar-refractivity contribution in [2.75, 3.05) is 26.7 Å². The van der Waals surface area contributed by atoms with E-state index < -0.39 is 0 Å². The number of nitrogens with zero attached hydrogens (tertiary/aromatic N) is 3. The predicted octanol–water partition coefficient (Wildman–Crippen LogP) is 2.47. The van der Waals surface area contributed by atoms with Gasteiger partial charge in [0.15, 0.2) is 5.76 Å². The molecule has 25 heavy (non-hydrogen) atoms. The summed E-state index contributed by atoms with van der Waals surface area (Å²) in [5.74, 6) is 0.883. The van der Waals surface area contributed by atoms with Crippen molar-refractivity contribution in [2.45, 2.75) is 43.9 Å². The fraction of sp³-hybridized carbons (Fsp3) is 0.579. The van der Waals surface area contributed by atoms with Crippen LogP contribution in [0.5, 0.6) is 0 Å². The molecule has 0 radical (unpaired) electrons. The Morgan fingerprint density at radius 1 is 1.28 bits per heavy atom. The zero-order valence-corrected chi connectivity index (χ0v) is 14.8. The van der Waals surface area contributed by atoms with Gasteiger partial charge in [-0.2, -0.15) is 0 Å². The van der Waals surface area contributed by atoms with Gasteiger partial charge in [0.2, 0.25) is 0 Å². The fourth-order valence-electron chi connectivity index (χ4n) is 4.01. The fourth-order valence-corrected chi connectivity index (χ4v) is 4.01. The van der Waals surface area contributed by atoms with Crippen LogP contribution in [0.4, 0.5) is 0 Å². The molecule has 2 aromatic heterocycles. The highest BCUT2D eigenvalue weighted by Crippen LogP contribution is 2.35. The Labute approximate surface area is 148 Å². The van der Waals surface area contributed by atoms with Crippen LogP contribution >= 0.6 is 0 Å². The van der Waals surface area contributed by atoms with E-state index in [-0.39, 0.29) is 5.60 Å². The summed E-state index contributed by atoms with van der Waals surface area (Å²) < 4.78 is 11.7. The van der Waals surface area contributed by atoms with Crippen LogP contribution in [0.15, 0.2) is 35.0 Å². The van der Waals surface area contributed by atoms with E-state index in [0.717, 1.165) is 69.1 Å². The Bertz CT molecular complexity index is 676. The summed E-state index contributed by atoms with van der Waals surface area (Å²) in [6.07, 6.45) is 6.18. The number of ether oxygens (including phenoxy) is 1. The first-order chi connectivity index (χ1) is 12.2. The number of hydrogen-bond acceptors (Lipinski definition) is 6. The molecule has 1 unspecified atom stereocenters. The van der Waals surface area contributed by atoms with E-state index in [1.807, 2.05) is 24.3 Å². The summed E-state index contributed by atoms with van der Waals surface area (Å²) >= 11 is 0. The topological polar surface area (TPSA) is 63.4 Å². The Morgan fingerprint density at radius 2 is 2.16 bits per heavy atom. The molecule has 6 nitrogen and oxygen atoms in total. The molecular formula is C19H26N4O2. The minimum atomic E-state index is 0.0724.